The van der Waals surface area contributed by atoms with Crippen LogP contribution < -0.4 is 0 Å². The summed E-state index contributed by atoms with van der Waals surface area (Å²) in [6.45, 7) is 1.02. The van der Waals surface area contributed by atoms with Crippen LogP contribution in [-0.4, -0.2) is 66.5 Å². The van der Waals surface area contributed by atoms with Crippen molar-refractivity contribution in [2.45, 2.75) is 6.10 Å². The highest BCUT2D eigenvalue weighted by Crippen LogP contribution is 2.12. The molecule has 0 N–H and O–H groups in total. The van der Waals surface area contributed by atoms with E-state index >= 15 is 0 Å². The number of hydrogen-bond acceptors (Lipinski definition) is 4. The zero-order valence-corrected chi connectivity index (χ0v) is 12.1. The molecule has 0 radical (unpaired) electrons. The third-order valence-corrected chi connectivity index (χ3v) is 3.24. The third kappa shape index (κ3) is 3.26. The molecule has 1 aromatic heterocycles. The summed E-state index contributed by atoms with van der Waals surface area (Å²) >= 11 is 5.74. The lowest BCUT2D eigenvalue weighted by molar-refractivity contribution is -0.145. The van der Waals surface area contributed by atoms with Crippen LogP contribution in [0.4, 0.5) is 0 Å². The van der Waals surface area contributed by atoms with E-state index in [1.807, 2.05) is 0 Å². The number of amides is 2. The van der Waals surface area contributed by atoms with Crippen LogP contribution in [0.5, 0.6) is 0 Å². The molecule has 6 nitrogen and oxygen atoms in total. The van der Waals surface area contributed by atoms with Crippen molar-refractivity contribution in [1.29, 1.82) is 0 Å². The summed E-state index contributed by atoms with van der Waals surface area (Å²) < 4.78 is 5.41. The number of likely N-dealkylation sites (N-methyl/N-ethyl adjacent to an activating group) is 1. The molecule has 0 spiro atoms. The fourth-order valence-electron chi connectivity index (χ4n) is 1.94. The van der Waals surface area contributed by atoms with E-state index in [9.17, 15) is 9.59 Å². The van der Waals surface area contributed by atoms with Gasteiger partial charge in [0.1, 0.15) is 5.69 Å². The van der Waals surface area contributed by atoms with Crippen LogP contribution in [0.25, 0.3) is 0 Å². The van der Waals surface area contributed by atoms with Crippen LogP contribution in [0, 0.1) is 0 Å². The van der Waals surface area contributed by atoms with E-state index in [1.54, 1.807) is 31.1 Å². The van der Waals surface area contributed by atoms with Crippen molar-refractivity contribution in [2.75, 3.05) is 33.8 Å². The largest absolute Gasteiger partial charge is 0.365 e. The molecule has 1 aromatic rings. The molecule has 1 fully saturated rings. The number of carbonyl (C=O) groups excluding carboxylic acids is 2. The number of carbonyl (C=O) groups is 2. The first-order chi connectivity index (χ1) is 9.49. The Morgan fingerprint density at radius 3 is 2.80 bits per heavy atom. The average molecular weight is 298 g/mol. The van der Waals surface area contributed by atoms with Gasteiger partial charge in [0.15, 0.2) is 6.10 Å². The van der Waals surface area contributed by atoms with E-state index in [-0.39, 0.29) is 18.4 Å². The topological polar surface area (TPSA) is 62.7 Å². The maximum absolute atomic E-state index is 12.3. The number of nitrogens with zero attached hydrogens (tertiary/aromatic N) is 3. The van der Waals surface area contributed by atoms with Gasteiger partial charge in [-0.25, -0.2) is 4.98 Å². The van der Waals surface area contributed by atoms with Crippen molar-refractivity contribution in [3.05, 3.63) is 29.0 Å². The van der Waals surface area contributed by atoms with Crippen LogP contribution in [0.15, 0.2) is 18.3 Å². The first-order valence-electron chi connectivity index (χ1n) is 6.22. The van der Waals surface area contributed by atoms with Gasteiger partial charge in [0.2, 0.25) is 0 Å². The Balaban J connectivity index is 2.07. The molecular formula is C13H16ClN3O3. The number of rotatable bonds is 2. The number of ether oxygens (including phenoxy) is 1. The Morgan fingerprint density at radius 2 is 2.20 bits per heavy atom. The van der Waals surface area contributed by atoms with Gasteiger partial charge in [0.05, 0.1) is 18.2 Å². The second-order valence-corrected chi connectivity index (χ2v) is 5.14. The SMILES string of the molecule is CN(C)C(=O)[C@@H]1CN(C(=O)c2ccc(Cl)cn2)CCO1. The molecule has 7 heteroatoms. The monoisotopic (exact) mass is 297 g/mol. The summed E-state index contributed by atoms with van der Waals surface area (Å²) in [6.07, 6.45) is 0.813. The van der Waals surface area contributed by atoms with Crippen molar-refractivity contribution in [3.8, 4) is 0 Å². The molecule has 0 aromatic carbocycles. The normalized spacial score (nSPS) is 18.8. The maximum Gasteiger partial charge on any atom is 0.272 e. The van der Waals surface area contributed by atoms with Crippen molar-refractivity contribution in [2.24, 2.45) is 0 Å². The fraction of sp³-hybridized carbons (Fsp3) is 0.462. The van der Waals surface area contributed by atoms with Gasteiger partial charge in [0, 0.05) is 26.8 Å². The zero-order chi connectivity index (χ0) is 14.7. The highest BCUT2D eigenvalue weighted by molar-refractivity contribution is 6.30. The first-order valence-corrected chi connectivity index (χ1v) is 6.60. The summed E-state index contributed by atoms with van der Waals surface area (Å²) in [5, 5.41) is 0.476. The molecule has 2 rings (SSSR count). The fourth-order valence-corrected chi connectivity index (χ4v) is 2.05. The lowest BCUT2D eigenvalue weighted by Crippen LogP contribution is -2.51. The molecule has 20 heavy (non-hydrogen) atoms. The van der Waals surface area contributed by atoms with Gasteiger partial charge in [-0.1, -0.05) is 11.6 Å². The molecule has 1 atom stereocenters. The van der Waals surface area contributed by atoms with E-state index in [1.165, 1.54) is 11.1 Å². The second-order valence-electron chi connectivity index (χ2n) is 4.70. The Kier molecular flexibility index (Phi) is 4.57. The van der Waals surface area contributed by atoms with E-state index < -0.39 is 6.10 Å². The zero-order valence-electron chi connectivity index (χ0n) is 11.4. The summed E-state index contributed by atoms with van der Waals surface area (Å²) in [4.78, 5) is 31.2. The first kappa shape index (κ1) is 14.7. The summed E-state index contributed by atoms with van der Waals surface area (Å²) in [6, 6.07) is 3.19. The van der Waals surface area contributed by atoms with Crippen LogP contribution in [0.3, 0.4) is 0 Å². The minimum absolute atomic E-state index is 0.147. The van der Waals surface area contributed by atoms with Gasteiger partial charge < -0.3 is 14.5 Å². The van der Waals surface area contributed by atoms with E-state index in [4.69, 9.17) is 16.3 Å². The van der Waals surface area contributed by atoms with Crippen molar-refractivity contribution >= 4 is 23.4 Å². The number of pyridine rings is 1. The van der Waals surface area contributed by atoms with Crippen molar-refractivity contribution in [1.82, 2.24) is 14.8 Å². The lowest BCUT2D eigenvalue weighted by atomic mass is 10.2. The molecule has 1 aliphatic rings. The van der Waals surface area contributed by atoms with Crippen LogP contribution in [-0.2, 0) is 9.53 Å². The molecule has 2 amide bonds. The molecule has 0 aliphatic carbocycles. The quantitative estimate of drug-likeness (QED) is 0.805. The van der Waals surface area contributed by atoms with Crippen LogP contribution in [0.2, 0.25) is 5.02 Å². The van der Waals surface area contributed by atoms with Crippen molar-refractivity contribution < 1.29 is 14.3 Å². The van der Waals surface area contributed by atoms with Gasteiger partial charge in [-0.3, -0.25) is 9.59 Å². The molecule has 0 unspecified atom stereocenters. The predicted molar refractivity (Wildman–Crippen MR) is 73.6 cm³/mol. The summed E-state index contributed by atoms with van der Waals surface area (Å²) in [5.41, 5.74) is 0.312. The molecule has 1 saturated heterocycles. The number of halogens is 1. The smallest absolute Gasteiger partial charge is 0.272 e. The molecule has 0 bridgehead atoms. The highest BCUT2D eigenvalue weighted by Gasteiger charge is 2.30. The molecular weight excluding hydrogens is 282 g/mol. The van der Waals surface area contributed by atoms with E-state index in [0.717, 1.165) is 0 Å². The van der Waals surface area contributed by atoms with Gasteiger partial charge in [-0.15, -0.1) is 0 Å². The Bertz CT molecular complexity index is 504. The minimum Gasteiger partial charge on any atom is -0.365 e. The van der Waals surface area contributed by atoms with Gasteiger partial charge in [-0.2, -0.15) is 0 Å². The van der Waals surface area contributed by atoms with E-state index in [0.29, 0.717) is 23.9 Å². The summed E-state index contributed by atoms with van der Waals surface area (Å²) in [5.74, 6) is -0.368. The molecule has 108 valence electrons. The lowest BCUT2D eigenvalue weighted by Gasteiger charge is -2.33. The van der Waals surface area contributed by atoms with Gasteiger partial charge in [-0.05, 0) is 12.1 Å². The van der Waals surface area contributed by atoms with Gasteiger partial charge in [0.25, 0.3) is 11.8 Å². The number of hydrogen-bond donors (Lipinski definition) is 0. The van der Waals surface area contributed by atoms with Crippen molar-refractivity contribution in [3.63, 3.8) is 0 Å². The highest BCUT2D eigenvalue weighted by atomic mass is 35.5. The molecule has 1 aliphatic heterocycles. The summed E-state index contributed by atoms with van der Waals surface area (Å²) in [7, 11) is 3.32. The second kappa shape index (κ2) is 6.19. The van der Waals surface area contributed by atoms with Crippen LogP contribution in [0.1, 0.15) is 10.5 Å². The predicted octanol–water partition coefficient (Wildman–Crippen LogP) is 0.664. The van der Waals surface area contributed by atoms with Crippen LogP contribution >= 0.6 is 11.6 Å². The Labute approximate surface area is 122 Å². The molecule has 0 saturated carbocycles. The number of aromatic nitrogens is 1. The average Bonchev–Trinajstić information content (AvgIpc) is 2.46. The Morgan fingerprint density at radius 1 is 1.45 bits per heavy atom. The third-order valence-electron chi connectivity index (χ3n) is 3.02. The minimum atomic E-state index is -0.616. The van der Waals surface area contributed by atoms with E-state index in [2.05, 4.69) is 4.98 Å². The van der Waals surface area contributed by atoms with Gasteiger partial charge >= 0.3 is 0 Å². The standard InChI is InChI=1S/C13H16ClN3O3/c1-16(2)13(19)11-8-17(5-6-20-11)12(18)10-4-3-9(14)7-15-10/h3-4,7,11H,5-6,8H2,1-2H3/t11-/m0/s1. The number of morpholine rings is 1. The molecule has 2 heterocycles. The maximum atomic E-state index is 12.3. The Hall–Kier alpha value is -1.66.